The van der Waals surface area contributed by atoms with Crippen molar-refractivity contribution in [3.8, 4) is 0 Å². The number of nitrogens with zero attached hydrogens (tertiary/aromatic N) is 1. The Morgan fingerprint density at radius 3 is 2.91 bits per heavy atom. The third-order valence-electron chi connectivity index (χ3n) is 1.92. The van der Waals surface area contributed by atoms with Crippen molar-refractivity contribution in [2.24, 2.45) is 0 Å². The van der Waals surface area contributed by atoms with E-state index in [1.807, 2.05) is 4.90 Å². The van der Waals surface area contributed by atoms with Crippen LogP contribution >= 0.6 is 0 Å². The first-order chi connectivity index (χ1) is 5.34. The number of carbonyl (C=O) groups is 2. The molecule has 1 saturated heterocycles. The van der Waals surface area contributed by atoms with Crippen molar-refractivity contribution in [2.75, 3.05) is 13.1 Å². The molecule has 0 bridgehead atoms. The predicted molar refractivity (Wildman–Crippen MR) is 41.1 cm³/mol. The molecule has 3 heteroatoms. The van der Waals surface area contributed by atoms with E-state index in [0.717, 1.165) is 32.2 Å². The highest BCUT2D eigenvalue weighted by Crippen LogP contribution is 2.09. The van der Waals surface area contributed by atoms with Gasteiger partial charge in [-0.05, 0) is 12.8 Å². The number of aldehydes is 1. The zero-order valence-corrected chi connectivity index (χ0v) is 6.58. The molecule has 0 radical (unpaired) electrons. The fraction of sp³-hybridized carbons (Fsp3) is 0.750. The molecule has 0 unspecified atom stereocenters. The van der Waals surface area contributed by atoms with E-state index in [1.54, 1.807) is 0 Å². The molecule has 1 aliphatic heterocycles. The highest BCUT2D eigenvalue weighted by atomic mass is 16.2. The van der Waals surface area contributed by atoms with Crippen molar-refractivity contribution in [3.63, 3.8) is 0 Å². The van der Waals surface area contributed by atoms with E-state index in [4.69, 9.17) is 0 Å². The number of amides is 1. The van der Waals surface area contributed by atoms with Crippen LogP contribution in [0.25, 0.3) is 0 Å². The van der Waals surface area contributed by atoms with Crippen LogP contribution in [0.4, 0.5) is 0 Å². The lowest BCUT2D eigenvalue weighted by atomic mass is 10.3. The predicted octanol–water partition coefficient (Wildman–Crippen LogP) is 0.588. The number of rotatable bonds is 4. The number of hydrogen-bond acceptors (Lipinski definition) is 2. The van der Waals surface area contributed by atoms with Gasteiger partial charge in [0.15, 0.2) is 0 Å². The Hall–Kier alpha value is -0.860. The van der Waals surface area contributed by atoms with Crippen LogP contribution in [0, 0.1) is 0 Å². The smallest absolute Gasteiger partial charge is 0.222 e. The van der Waals surface area contributed by atoms with Gasteiger partial charge in [0.05, 0.1) is 0 Å². The standard InChI is InChI=1S/C8H13NO2/c10-7-2-1-5-9-6-3-4-8(9)11/h7H,1-6H2. The van der Waals surface area contributed by atoms with Crippen LogP contribution < -0.4 is 0 Å². The largest absolute Gasteiger partial charge is 0.343 e. The van der Waals surface area contributed by atoms with Gasteiger partial charge in [0, 0.05) is 25.9 Å². The van der Waals surface area contributed by atoms with E-state index in [9.17, 15) is 9.59 Å². The van der Waals surface area contributed by atoms with Crippen LogP contribution in [0.3, 0.4) is 0 Å². The van der Waals surface area contributed by atoms with Gasteiger partial charge in [0.2, 0.25) is 5.91 Å². The molecule has 0 aromatic rings. The summed E-state index contributed by atoms with van der Waals surface area (Å²) in [5.74, 6) is 0.246. The molecule has 0 saturated carbocycles. The lowest BCUT2D eigenvalue weighted by Crippen LogP contribution is -2.25. The summed E-state index contributed by atoms with van der Waals surface area (Å²) >= 11 is 0. The first-order valence-electron chi connectivity index (χ1n) is 4.06. The Balaban J connectivity index is 2.15. The van der Waals surface area contributed by atoms with Crippen molar-refractivity contribution in [2.45, 2.75) is 25.7 Å². The molecule has 1 rings (SSSR count). The van der Waals surface area contributed by atoms with Crippen LogP contribution in [-0.2, 0) is 9.59 Å². The molecule has 11 heavy (non-hydrogen) atoms. The van der Waals surface area contributed by atoms with Crippen molar-refractivity contribution in [1.82, 2.24) is 4.90 Å². The Morgan fingerprint density at radius 1 is 1.55 bits per heavy atom. The first kappa shape index (κ1) is 8.24. The first-order valence-corrected chi connectivity index (χ1v) is 4.06. The Labute approximate surface area is 66.4 Å². The molecule has 0 aromatic heterocycles. The summed E-state index contributed by atoms with van der Waals surface area (Å²) < 4.78 is 0. The molecule has 1 aliphatic rings. The zero-order chi connectivity index (χ0) is 8.10. The molecule has 3 nitrogen and oxygen atoms in total. The summed E-state index contributed by atoms with van der Waals surface area (Å²) in [5, 5.41) is 0. The van der Waals surface area contributed by atoms with Crippen LogP contribution in [0.1, 0.15) is 25.7 Å². The normalized spacial score (nSPS) is 17.5. The summed E-state index contributed by atoms with van der Waals surface area (Å²) in [4.78, 5) is 22.8. The molecular weight excluding hydrogens is 142 g/mol. The molecule has 0 N–H and O–H groups in total. The maximum atomic E-state index is 11.0. The quantitative estimate of drug-likeness (QED) is 0.440. The SMILES string of the molecule is O=CCCCN1CCCC1=O. The summed E-state index contributed by atoms with van der Waals surface area (Å²) in [7, 11) is 0. The third-order valence-corrected chi connectivity index (χ3v) is 1.92. The van der Waals surface area contributed by atoms with Crippen molar-refractivity contribution in [1.29, 1.82) is 0 Å². The minimum absolute atomic E-state index is 0.246. The molecule has 62 valence electrons. The molecule has 1 amide bonds. The minimum Gasteiger partial charge on any atom is -0.343 e. The fourth-order valence-electron chi connectivity index (χ4n) is 1.31. The molecular formula is C8H13NO2. The second-order valence-corrected chi connectivity index (χ2v) is 2.79. The summed E-state index contributed by atoms with van der Waals surface area (Å²) in [6, 6.07) is 0. The van der Waals surface area contributed by atoms with Gasteiger partial charge in [0.25, 0.3) is 0 Å². The summed E-state index contributed by atoms with van der Waals surface area (Å²) in [6.07, 6.45) is 3.97. The maximum Gasteiger partial charge on any atom is 0.222 e. The second-order valence-electron chi connectivity index (χ2n) is 2.79. The molecule has 1 heterocycles. The molecule has 0 atom stereocenters. The fourth-order valence-corrected chi connectivity index (χ4v) is 1.31. The van der Waals surface area contributed by atoms with Gasteiger partial charge in [0.1, 0.15) is 6.29 Å². The van der Waals surface area contributed by atoms with Crippen LogP contribution in [0.2, 0.25) is 0 Å². The molecule has 0 aliphatic carbocycles. The van der Waals surface area contributed by atoms with Gasteiger partial charge in [-0.1, -0.05) is 0 Å². The highest BCUT2D eigenvalue weighted by molar-refractivity contribution is 5.78. The van der Waals surface area contributed by atoms with Gasteiger partial charge < -0.3 is 9.69 Å². The number of unbranched alkanes of at least 4 members (excludes halogenated alkanes) is 1. The van der Waals surface area contributed by atoms with Gasteiger partial charge >= 0.3 is 0 Å². The van der Waals surface area contributed by atoms with Gasteiger partial charge in [-0.15, -0.1) is 0 Å². The average Bonchev–Trinajstić information content (AvgIpc) is 2.37. The number of carbonyl (C=O) groups excluding carboxylic acids is 2. The Bertz CT molecular complexity index is 156. The van der Waals surface area contributed by atoms with Gasteiger partial charge in [-0.3, -0.25) is 4.79 Å². The van der Waals surface area contributed by atoms with Crippen LogP contribution in [-0.4, -0.2) is 30.2 Å². The van der Waals surface area contributed by atoms with E-state index in [2.05, 4.69) is 0 Å². The van der Waals surface area contributed by atoms with Gasteiger partial charge in [-0.25, -0.2) is 0 Å². The minimum atomic E-state index is 0.246. The Kier molecular flexibility index (Phi) is 3.08. The molecule has 0 aromatic carbocycles. The lowest BCUT2D eigenvalue weighted by molar-refractivity contribution is -0.127. The van der Waals surface area contributed by atoms with Crippen molar-refractivity contribution < 1.29 is 9.59 Å². The van der Waals surface area contributed by atoms with E-state index in [-0.39, 0.29) is 5.91 Å². The second kappa shape index (κ2) is 4.11. The lowest BCUT2D eigenvalue weighted by Gasteiger charge is -2.13. The number of likely N-dealkylation sites (tertiary alicyclic amines) is 1. The van der Waals surface area contributed by atoms with E-state index in [1.165, 1.54) is 0 Å². The maximum absolute atomic E-state index is 11.0. The zero-order valence-electron chi connectivity index (χ0n) is 6.58. The molecule has 0 spiro atoms. The van der Waals surface area contributed by atoms with Crippen molar-refractivity contribution in [3.05, 3.63) is 0 Å². The van der Waals surface area contributed by atoms with E-state index in [0.29, 0.717) is 12.8 Å². The average molecular weight is 155 g/mol. The monoisotopic (exact) mass is 155 g/mol. The third kappa shape index (κ3) is 2.33. The van der Waals surface area contributed by atoms with Gasteiger partial charge in [-0.2, -0.15) is 0 Å². The summed E-state index contributed by atoms with van der Waals surface area (Å²) in [6.45, 7) is 1.65. The number of hydrogen-bond donors (Lipinski definition) is 0. The van der Waals surface area contributed by atoms with Crippen molar-refractivity contribution >= 4 is 12.2 Å². The molecule has 1 fully saturated rings. The topological polar surface area (TPSA) is 37.4 Å². The highest BCUT2D eigenvalue weighted by Gasteiger charge is 2.18. The van der Waals surface area contributed by atoms with Crippen LogP contribution in [0.15, 0.2) is 0 Å². The van der Waals surface area contributed by atoms with Crippen LogP contribution in [0.5, 0.6) is 0 Å². The van der Waals surface area contributed by atoms with E-state index >= 15 is 0 Å². The summed E-state index contributed by atoms with van der Waals surface area (Å²) in [5.41, 5.74) is 0. The van der Waals surface area contributed by atoms with E-state index < -0.39 is 0 Å². The Morgan fingerprint density at radius 2 is 2.36 bits per heavy atom.